The van der Waals surface area contributed by atoms with Crippen LogP contribution in [0.25, 0.3) is 16.5 Å². The Morgan fingerprint density at radius 3 is 2.52 bits per heavy atom. The zero-order valence-electron chi connectivity index (χ0n) is 16.7. The molecule has 1 atom stereocenters. The number of carbonyl (C=O) groups excluding carboxylic acids is 2. The minimum absolute atomic E-state index is 0.00110. The zero-order valence-corrected chi connectivity index (χ0v) is 16.7. The third-order valence-electron chi connectivity index (χ3n) is 5.50. The summed E-state index contributed by atoms with van der Waals surface area (Å²) in [5.41, 5.74) is 0.462. The number of likely N-dealkylation sites (tertiary alicyclic amines) is 1. The van der Waals surface area contributed by atoms with Crippen LogP contribution in [0.3, 0.4) is 0 Å². The predicted octanol–water partition coefficient (Wildman–Crippen LogP) is 4.96. The quantitative estimate of drug-likeness (QED) is 0.291. The van der Waals surface area contributed by atoms with Gasteiger partial charge in [0.2, 0.25) is 0 Å². The average molecular weight is 413 g/mol. The maximum Gasteiger partial charge on any atom is 0.296 e. The normalized spacial score (nSPS) is 18.2. The summed E-state index contributed by atoms with van der Waals surface area (Å²) in [6.07, 6.45) is 1.51. The number of aliphatic hydroxyl groups excluding tert-OH is 1. The molecular formula is C25H19NO5. The van der Waals surface area contributed by atoms with Gasteiger partial charge in [-0.15, -0.1) is 0 Å². The van der Waals surface area contributed by atoms with Gasteiger partial charge in [0.25, 0.3) is 11.7 Å². The van der Waals surface area contributed by atoms with Crippen LogP contribution in [-0.2, 0) is 16.1 Å². The Morgan fingerprint density at radius 1 is 1.00 bits per heavy atom. The largest absolute Gasteiger partial charge is 0.507 e. The number of amides is 1. The highest BCUT2D eigenvalue weighted by Crippen LogP contribution is 2.41. The third kappa shape index (κ3) is 3.22. The highest BCUT2D eigenvalue weighted by Gasteiger charge is 2.47. The molecule has 6 heteroatoms. The fourth-order valence-corrected chi connectivity index (χ4v) is 4.00. The smallest absolute Gasteiger partial charge is 0.296 e. The fourth-order valence-electron chi connectivity index (χ4n) is 4.00. The number of aryl methyl sites for hydroxylation is 1. The SMILES string of the molecule is Cc1ccc(C2/C(=C(/O)c3ccc4ccccc4c3)C(=O)C(=O)N2Cc2ccco2)o1. The second-order valence-electron chi connectivity index (χ2n) is 7.52. The number of hydrogen-bond donors (Lipinski definition) is 1. The molecule has 1 aliphatic heterocycles. The van der Waals surface area contributed by atoms with Crippen LogP contribution in [-0.4, -0.2) is 21.7 Å². The standard InChI is InChI=1S/C25H19NO5/c1-15-8-11-20(31-15)22-21(24(28)25(29)26(22)14-19-7-4-12-30-19)23(27)18-10-9-16-5-2-3-6-17(16)13-18/h2-13,22,27H,14H2,1H3/b23-21-. The summed E-state index contributed by atoms with van der Waals surface area (Å²) >= 11 is 0. The van der Waals surface area contributed by atoms with E-state index in [1.807, 2.05) is 30.3 Å². The molecule has 0 saturated carbocycles. The van der Waals surface area contributed by atoms with Crippen molar-refractivity contribution in [1.82, 2.24) is 4.90 Å². The lowest BCUT2D eigenvalue weighted by Gasteiger charge is -2.22. The van der Waals surface area contributed by atoms with Gasteiger partial charge in [-0.2, -0.15) is 0 Å². The van der Waals surface area contributed by atoms with Gasteiger partial charge in [0, 0.05) is 5.56 Å². The van der Waals surface area contributed by atoms with Crippen molar-refractivity contribution in [3.05, 3.63) is 101 Å². The maximum atomic E-state index is 13.0. The van der Waals surface area contributed by atoms with Crippen molar-refractivity contribution >= 4 is 28.2 Å². The molecule has 1 aliphatic rings. The number of carbonyl (C=O) groups is 2. The van der Waals surface area contributed by atoms with Crippen molar-refractivity contribution in [3.63, 3.8) is 0 Å². The van der Waals surface area contributed by atoms with Crippen LogP contribution in [0, 0.1) is 6.92 Å². The van der Waals surface area contributed by atoms with E-state index in [0.717, 1.165) is 10.8 Å². The maximum absolute atomic E-state index is 13.0. The number of aliphatic hydroxyl groups is 1. The summed E-state index contributed by atoms with van der Waals surface area (Å²) in [6, 6.07) is 19.2. The van der Waals surface area contributed by atoms with E-state index in [9.17, 15) is 14.7 Å². The number of ketones is 1. The lowest BCUT2D eigenvalue weighted by Crippen LogP contribution is -2.28. The number of rotatable bonds is 4. The van der Waals surface area contributed by atoms with E-state index in [1.165, 1.54) is 11.2 Å². The molecule has 31 heavy (non-hydrogen) atoms. The van der Waals surface area contributed by atoms with Crippen LogP contribution >= 0.6 is 0 Å². The number of Topliss-reactive ketones (excluding diaryl/α,β-unsaturated/α-hetero) is 1. The van der Waals surface area contributed by atoms with Crippen molar-refractivity contribution < 1.29 is 23.5 Å². The predicted molar refractivity (Wildman–Crippen MR) is 114 cm³/mol. The van der Waals surface area contributed by atoms with Gasteiger partial charge in [-0.25, -0.2) is 0 Å². The van der Waals surface area contributed by atoms with Gasteiger partial charge in [0.05, 0.1) is 18.4 Å². The highest BCUT2D eigenvalue weighted by molar-refractivity contribution is 6.46. The van der Waals surface area contributed by atoms with Crippen LogP contribution in [0.5, 0.6) is 0 Å². The summed E-state index contributed by atoms with van der Waals surface area (Å²) in [5.74, 6) is -0.116. The van der Waals surface area contributed by atoms with Gasteiger partial charge in [0.1, 0.15) is 29.1 Å². The Bertz CT molecular complexity index is 1330. The molecule has 1 N–H and O–H groups in total. The van der Waals surface area contributed by atoms with E-state index in [0.29, 0.717) is 22.8 Å². The van der Waals surface area contributed by atoms with Crippen LogP contribution in [0.2, 0.25) is 0 Å². The third-order valence-corrected chi connectivity index (χ3v) is 5.50. The van der Waals surface area contributed by atoms with Gasteiger partial charge in [-0.1, -0.05) is 36.4 Å². The molecule has 1 saturated heterocycles. The second-order valence-corrected chi connectivity index (χ2v) is 7.52. The fraction of sp³-hybridized carbons (Fsp3) is 0.120. The first-order chi connectivity index (χ1) is 15.0. The molecule has 1 amide bonds. The molecule has 5 rings (SSSR count). The van der Waals surface area contributed by atoms with Crippen molar-refractivity contribution in [2.45, 2.75) is 19.5 Å². The van der Waals surface area contributed by atoms with Gasteiger partial charge in [0.15, 0.2) is 0 Å². The number of furan rings is 2. The van der Waals surface area contributed by atoms with Gasteiger partial charge in [-0.05, 0) is 48.0 Å². The van der Waals surface area contributed by atoms with E-state index in [1.54, 1.807) is 43.3 Å². The molecule has 0 radical (unpaired) electrons. The topological polar surface area (TPSA) is 83.9 Å². The number of benzene rings is 2. The molecule has 1 unspecified atom stereocenters. The molecule has 0 bridgehead atoms. The summed E-state index contributed by atoms with van der Waals surface area (Å²) in [6.45, 7) is 1.86. The number of nitrogens with zero attached hydrogens (tertiary/aromatic N) is 1. The average Bonchev–Trinajstić information content (AvgIpc) is 3.50. The number of hydrogen-bond acceptors (Lipinski definition) is 5. The second kappa shape index (κ2) is 7.32. The monoisotopic (exact) mass is 413 g/mol. The molecule has 2 aromatic heterocycles. The minimum Gasteiger partial charge on any atom is -0.507 e. The van der Waals surface area contributed by atoms with Crippen molar-refractivity contribution in [1.29, 1.82) is 0 Å². The molecular weight excluding hydrogens is 394 g/mol. The Kier molecular flexibility index (Phi) is 4.47. The Morgan fingerprint density at radius 2 is 1.81 bits per heavy atom. The van der Waals surface area contributed by atoms with E-state index in [2.05, 4.69) is 0 Å². The van der Waals surface area contributed by atoms with E-state index in [4.69, 9.17) is 8.83 Å². The molecule has 3 heterocycles. The van der Waals surface area contributed by atoms with E-state index in [-0.39, 0.29) is 17.9 Å². The Labute approximate surface area is 178 Å². The lowest BCUT2D eigenvalue weighted by atomic mass is 9.97. The molecule has 6 nitrogen and oxygen atoms in total. The molecule has 1 fully saturated rings. The van der Waals surface area contributed by atoms with Crippen LogP contribution in [0.4, 0.5) is 0 Å². The molecule has 4 aromatic rings. The summed E-state index contributed by atoms with van der Waals surface area (Å²) in [7, 11) is 0. The molecule has 0 aliphatic carbocycles. The highest BCUT2D eigenvalue weighted by atomic mass is 16.3. The Balaban J connectivity index is 1.66. The van der Waals surface area contributed by atoms with E-state index >= 15 is 0 Å². The molecule has 154 valence electrons. The summed E-state index contributed by atoms with van der Waals surface area (Å²) < 4.78 is 11.2. The Hall–Kier alpha value is -4.06. The first-order valence-electron chi connectivity index (χ1n) is 9.89. The lowest BCUT2D eigenvalue weighted by molar-refractivity contribution is -0.140. The first-order valence-corrected chi connectivity index (χ1v) is 9.89. The van der Waals surface area contributed by atoms with E-state index < -0.39 is 17.7 Å². The first kappa shape index (κ1) is 18.9. The van der Waals surface area contributed by atoms with Gasteiger partial charge >= 0.3 is 0 Å². The van der Waals surface area contributed by atoms with Crippen LogP contribution < -0.4 is 0 Å². The van der Waals surface area contributed by atoms with Gasteiger partial charge < -0.3 is 18.8 Å². The van der Waals surface area contributed by atoms with Crippen molar-refractivity contribution in [2.75, 3.05) is 0 Å². The summed E-state index contributed by atoms with van der Waals surface area (Å²) in [5, 5.41) is 13.1. The van der Waals surface area contributed by atoms with Crippen LogP contribution in [0.15, 0.2) is 87.4 Å². The van der Waals surface area contributed by atoms with Crippen LogP contribution in [0.1, 0.15) is 28.9 Å². The van der Waals surface area contributed by atoms with Crippen molar-refractivity contribution in [2.24, 2.45) is 0 Å². The van der Waals surface area contributed by atoms with Gasteiger partial charge in [-0.3, -0.25) is 9.59 Å². The number of fused-ring (bicyclic) bond motifs is 1. The summed E-state index contributed by atoms with van der Waals surface area (Å²) in [4.78, 5) is 27.3. The zero-order chi connectivity index (χ0) is 21.5. The molecule has 2 aromatic carbocycles. The molecule has 0 spiro atoms. The van der Waals surface area contributed by atoms with Crippen molar-refractivity contribution in [3.8, 4) is 0 Å². The minimum atomic E-state index is -0.856.